The van der Waals surface area contributed by atoms with Crippen molar-refractivity contribution in [1.82, 2.24) is 20.5 Å². The lowest BCUT2D eigenvalue weighted by Gasteiger charge is -2.26. The highest BCUT2D eigenvalue weighted by Gasteiger charge is 2.14. The molecule has 0 saturated carbocycles. The lowest BCUT2D eigenvalue weighted by atomic mass is 10.2. The molecule has 2 N–H and O–H groups in total. The second kappa shape index (κ2) is 8.32. The zero-order valence-corrected chi connectivity index (χ0v) is 14.2. The highest BCUT2D eigenvalue weighted by Crippen LogP contribution is 2.25. The Morgan fingerprint density at radius 3 is 2.92 bits per heavy atom. The molecule has 0 spiro atoms. The molecule has 0 unspecified atom stereocenters. The third kappa shape index (κ3) is 4.37. The number of amides is 1. The van der Waals surface area contributed by atoms with E-state index in [0.717, 1.165) is 39.1 Å². The Morgan fingerprint density at radius 2 is 2.12 bits per heavy atom. The van der Waals surface area contributed by atoms with E-state index in [4.69, 9.17) is 0 Å². The van der Waals surface area contributed by atoms with Gasteiger partial charge in [-0.25, -0.2) is 9.37 Å². The van der Waals surface area contributed by atoms with Gasteiger partial charge in [0.15, 0.2) is 0 Å². The van der Waals surface area contributed by atoms with Crippen molar-refractivity contribution in [3.05, 3.63) is 41.2 Å². The van der Waals surface area contributed by atoms with Crippen molar-refractivity contribution in [2.75, 3.05) is 39.3 Å². The molecule has 3 rings (SSSR count). The summed E-state index contributed by atoms with van der Waals surface area (Å²) in [6, 6.07) is 6.46. The van der Waals surface area contributed by atoms with Gasteiger partial charge < -0.3 is 15.5 Å². The summed E-state index contributed by atoms with van der Waals surface area (Å²) in [4.78, 5) is 18.8. The average Bonchev–Trinajstić information content (AvgIpc) is 3.10. The number of nitrogens with one attached hydrogen (secondary N) is 2. The minimum Gasteiger partial charge on any atom is -0.351 e. The summed E-state index contributed by atoms with van der Waals surface area (Å²) in [7, 11) is 0. The Hall–Kier alpha value is -1.83. The molecule has 1 amide bonds. The van der Waals surface area contributed by atoms with Crippen LogP contribution in [0, 0.1) is 5.82 Å². The molecule has 1 aromatic heterocycles. The van der Waals surface area contributed by atoms with Gasteiger partial charge in [-0.15, -0.1) is 11.3 Å². The van der Waals surface area contributed by atoms with Crippen LogP contribution in [0.2, 0.25) is 0 Å². The summed E-state index contributed by atoms with van der Waals surface area (Å²) in [6.07, 6.45) is 0.913. The topological polar surface area (TPSA) is 57.3 Å². The van der Waals surface area contributed by atoms with Crippen LogP contribution in [0.15, 0.2) is 29.6 Å². The second-order valence-corrected chi connectivity index (χ2v) is 6.58. The number of hydrogen-bond donors (Lipinski definition) is 2. The Bertz CT molecular complexity index is 685. The van der Waals surface area contributed by atoms with Crippen LogP contribution in [-0.2, 0) is 0 Å². The Morgan fingerprint density at radius 1 is 1.33 bits per heavy atom. The van der Waals surface area contributed by atoms with Crippen molar-refractivity contribution in [1.29, 1.82) is 0 Å². The van der Waals surface area contributed by atoms with Crippen LogP contribution in [0.1, 0.15) is 16.9 Å². The first-order valence-electron chi connectivity index (χ1n) is 8.16. The molecule has 0 atom stereocenters. The van der Waals surface area contributed by atoms with Gasteiger partial charge in [0.25, 0.3) is 5.91 Å². The predicted octanol–water partition coefficient (Wildman–Crippen LogP) is 1.97. The van der Waals surface area contributed by atoms with Crippen LogP contribution in [-0.4, -0.2) is 55.1 Å². The van der Waals surface area contributed by atoms with Gasteiger partial charge in [0.05, 0.1) is 0 Å². The molecule has 0 bridgehead atoms. The summed E-state index contributed by atoms with van der Waals surface area (Å²) in [5.41, 5.74) is 0.778. The van der Waals surface area contributed by atoms with Gasteiger partial charge >= 0.3 is 0 Å². The minimum absolute atomic E-state index is 0.200. The van der Waals surface area contributed by atoms with Crippen LogP contribution in [0.3, 0.4) is 0 Å². The number of piperazine rings is 1. The first kappa shape index (κ1) is 17.0. The Kier molecular flexibility index (Phi) is 5.90. The second-order valence-electron chi connectivity index (χ2n) is 5.72. The van der Waals surface area contributed by atoms with E-state index in [1.165, 1.54) is 17.4 Å². The van der Waals surface area contributed by atoms with Gasteiger partial charge in [-0.2, -0.15) is 0 Å². The van der Waals surface area contributed by atoms with Crippen LogP contribution in [0.4, 0.5) is 4.39 Å². The molecule has 2 aromatic rings. The van der Waals surface area contributed by atoms with Crippen molar-refractivity contribution < 1.29 is 9.18 Å². The van der Waals surface area contributed by atoms with Crippen molar-refractivity contribution in [3.8, 4) is 10.6 Å². The van der Waals surface area contributed by atoms with E-state index in [-0.39, 0.29) is 11.7 Å². The van der Waals surface area contributed by atoms with Gasteiger partial charge in [-0.1, -0.05) is 12.1 Å². The standard InChI is InChI=1S/C17H21FN4OS/c18-14-5-2-1-4-13(14)17-21-15(12-24-17)16(23)20-6-3-9-22-10-7-19-8-11-22/h1-2,4-5,12,19H,3,6-11H2,(H,20,23). The summed E-state index contributed by atoms with van der Waals surface area (Å²) in [5, 5.41) is 8.41. The van der Waals surface area contributed by atoms with Gasteiger partial charge in [-0.3, -0.25) is 4.79 Å². The normalized spacial score (nSPS) is 15.4. The van der Waals surface area contributed by atoms with Crippen LogP contribution in [0.25, 0.3) is 10.6 Å². The number of benzene rings is 1. The average molecular weight is 348 g/mol. The smallest absolute Gasteiger partial charge is 0.270 e. The molecule has 1 fully saturated rings. The monoisotopic (exact) mass is 348 g/mol. The number of rotatable bonds is 6. The highest BCUT2D eigenvalue weighted by atomic mass is 32.1. The largest absolute Gasteiger partial charge is 0.351 e. The van der Waals surface area contributed by atoms with Crippen LogP contribution in [0.5, 0.6) is 0 Å². The fourth-order valence-corrected chi connectivity index (χ4v) is 3.49. The van der Waals surface area contributed by atoms with Gasteiger partial charge in [-0.05, 0) is 25.1 Å². The molecule has 1 aliphatic heterocycles. The molecular weight excluding hydrogens is 327 g/mol. The number of carbonyl (C=O) groups is 1. The third-order valence-corrected chi connectivity index (χ3v) is 4.86. The number of halogens is 1. The quantitative estimate of drug-likeness (QED) is 0.784. The number of nitrogens with zero attached hydrogens (tertiary/aromatic N) is 2. The lowest BCUT2D eigenvalue weighted by Crippen LogP contribution is -2.44. The molecule has 0 aliphatic carbocycles. The SMILES string of the molecule is O=C(NCCCN1CCNCC1)c1csc(-c2ccccc2F)n1. The third-order valence-electron chi connectivity index (χ3n) is 3.99. The summed E-state index contributed by atoms with van der Waals surface area (Å²) in [6.45, 7) is 5.79. The lowest BCUT2D eigenvalue weighted by molar-refractivity contribution is 0.0947. The first-order chi connectivity index (χ1) is 11.7. The molecule has 128 valence electrons. The number of carbonyl (C=O) groups excluding carboxylic acids is 1. The summed E-state index contributed by atoms with van der Waals surface area (Å²) in [5.74, 6) is -0.524. The molecule has 24 heavy (non-hydrogen) atoms. The van der Waals surface area contributed by atoms with Crippen LogP contribution < -0.4 is 10.6 Å². The molecular formula is C17H21FN4OS. The van der Waals surface area contributed by atoms with Crippen molar-refractivity contribution in [3.63, 3.8) is 0 Å². The molecule has 5 nitrogen and oxygen atoms in total. The summed E-state index contributed by atoms with van der Waals surface area (Å²) < 4.78 is 13.8. The van der Waals surface area contributed by atoms with Crippen molar-refractivity contribution in [2.45, 2.75) is 6.42 Å². The van der Waals surface area contributed by atoms with E-state index >= 15 is 0 Å². The van der Waals surface area contributed by atoms with Crippen LogP contribution >= 0.6 is 11.3 Å². The van der Waals surface area contributed by atoms with E-state index in [1.54, 1.807) is 23.6 Å². The first-order valence-corrected chi connectivity index (χ1v) is 9.04. The fourth-order valence-electron chi connectivity index (χ4n) is 2.67. The number of thiazole rings is 1. The van der Waals surface area contributed by atoms with E-state index in [2.05, 4.69) is 20.5 Å². The zero-order valence-electron chi connectivity index (χ0n) is 13.4. The maximum Gasteiger partial charge on any atom is 0.270 e. The molecule has 1 saturated heterocycles. The predicted molar refractivity (Wildman–Crippen MR) is 93.8 cm³/mol. The van der Waals surface area contributed by atoms with Gasteiger partial charge in [0.2, 0.25) is 0 Å². The Labute approximate surface area is 144 Å². The van der Waals surface area contributed by atoms with E-state index in [9.17, 15) is 9.18 Å². The minimum atomic E-state index is -0.324. The van der Waals surface area contributed by atoms with Crippen molar-refractivity contribution >= 4 is 17.2 Å². The number of aromatic nitrogens is 1. The molecule has 1 aromatic carbocycles. The van der Waals surface area contributed by atoms with E-state index < -0.39 is 0 Å². The van der Waals surface area contributed by atoms with Crippen molar-refractivity contribution in [2.24, 2.45) is 0 Å². The molecule has 0 radical (unpaired) electrons. The maximum absolute atomic E-state index is 13.8. The van der Waals surface area contributed by atoms with E-state index in [0.29, 0.717) is 22.8 Å². The molecule has 2 heterocycles. The van der Waals surface area contributed by atoms with Gasteiger partial charge in [0, 0.05) is 43.7 Å². The Balaban J connectivity index is 1.48. The molecule has 7 heteroatoms. The number of hydrogen-bond acceptors (Lipinski definition) is 5. The van der Waals surface area contributed by atoms with E-state index in [1.807, 2.05) is 0 Å². The van der Waals surface area contributed by atoms with Gasteiger partial charge in [0.1, 0.15) is 16.5 Å². The fraction of sp³-hybridized carbons (Fsp3) is 0.412. The maximum atomic E-state index is 13.8. The zero-order chi connectivity index (χ0) is 16.8. The highest BCUT2D eigenvalue weighted by molar-refractivity contribution is 7.13. The molecule has 1 aliphatic rings. The summed E-state index contributed by atoms with van der Waals surface area (Å²) >= 11 is 1.28.